The van der Waals surface area contributed by atoms with Gasteiger partial charge in [-0.05, 0) is 30.7 Å². The molecule has 0 atom stereocenters. The maximum atomic E-state index is 14.4. The Balaban J connectivity index is 2.14. The van der Waals surface area contributed by atoms with Gasteiger partial charge in [0.05, 0.1) is 6.42 Å². The van der Waals surface area contributed by atoms with Crippen LogP contribution >= 0.6 is 7.44 Å². The average Bonchev–Trinajstić information content (AvgIpc) is 3.01. The molecule has 0 aliphatic carbocycles. The standard InChI is InChI=1S/C20H23N2O3P/c1-2-9-19(16-20(23)24)26(25)21(17-10-5-3-6-11-17)14-15-22(26)18-12-7-4-8-13-18/h3-13H,2,14-16H2,1H3,(H,23,24)/b19-9+. The second-order valence-corrected chi connectivity index (χ2v) is 8.76. The Morgan fingerprint density at radius 2 is 1.46 bits per heavy atom. The lowest BCUT2D eigenvalue weighted by atomic mass is 10.3. The lowest BCUT2D eigenvalue weighted by molar-refractivity contribution is -0.136. The lowest BCUT2D eigenvalue weighted by Crippen LogP contribution is -2.21. The molecule has 0 radical (unpaired) electrons. The Morgan fingerprint density at radius 1 is 1.00 bits per heavy atom. The first-order chi connectivity index (χ1) is 12.6. The van der Waals surface area contributed by atoms with Gasteiger partial charge in [-0.25, -0.2) is 0 Å². The number of carboxylic acids is 1. The summed E-state index contributed by atoms with van der Waals surface area (Å²) < 4.78 is 18.2. The fourth-order valence-electron chi connectivity index (χ4n) is 3.36. The van der Waals surface area contributed by atoms with Gasteiger partial charge in [-0.2, -0.15) is 0 Å². The zero-order valence-corrected chi connectivity index (χ0v) is 15.7. The van der Waals surface area contributed by atoms with Gasteiger partial charge in [0.2, 0.25) is 0 Å². The Labute approximate surface area is 154 Å². The molecule has 3 rings (SSSR count). The summed E-state index contributed by atoms with van der Waals surface area (Å²) in [5, 5.41) is 9.88. The van der Waals surface area contributed by atoms with E-state index < -0.39 is 13.4 Å². The van der Waals surface area contributed by atoms with Crippen LogP contribution in [0, 0.1) is 0 Å². The molecule has 0 spiro atoms. The van der Waals surface area contributed by atoms with E-state index in [9.17, 15) is 14.5 Å². The maximum Gasteiger partial charge on any atom is 0.308 e. The predicted octanol–water partition coefficient (Wildman–Crippen LogP) is 4.97. The van der Waals surface area contributed by atoms with Gasteiger partial charge in [0, 0.05) is 29.8 Å². The Morgan fingerprint density at radius 3 is 1.85 bits per heavy atom. The Bertz CT molecular complexity index is 785. The van der Waals surface area contributed by atoms with Gasteiger partial charge in [0.1, 0.15) is 0 Å². The molecule has 0 bridgehead atoms. The van der Waals surface area contributed by atoms with Crippen LogP contribution in [-0.2, 0) is 9.36 Å². The lowest BCUT2D eigenvalue weighted by Gasteiger charge is -2.34. The van der Waals surface area contributed by atoms with Crippen LogP contribution in [0.1, 0.15) is 19.8 Å². The molecule has 26 heavy (non-hydrogen) atoms. The van der Waals surface area contributed by atoms with E-state index in [4.69, 9.17) is 0 Å². The smallest absolute Gasteiger partial charge is 0.308 e. The van der Waals surface area contributed by atoms with Crippen LogP contribution < -0.4 is 9.34 Å². The molecule has 6 heteroatoms. The highest BCUT2D eigenvalue weighted by molar-refractivity contribution is 7.71. The molecular weight excluding hydrogens is 347 g/mol. The Hall–Kier alpha value is -2.52. The minimum Gasteiger partial charge on any atom is -0.481 e. The molecule has 0 aromatic heterocycles. The molecule has 1 fully saturated rings. The highest BCUT2D eigenvalue weighted by Crippen LogP contribution is 2.66. The average molecular weight is 370 g/mol. The zero-order chi connectivity index (χ0) is 18.6. The van der Waals surface area contributed by atoms with Crippen LogP contribution in [0.4, 0.5) is 11.4 Å². The van der Waals surface area contributed by atoms with Crippen LogP contribution in [0.15, 0.2) is 72.1 Å². The molecule has 2 aromatic rings. The van der Waals surface area contributed by atoms with Crippen molar-refractivity contribution in [1.82, 2.24) is 0 Å². The van der Waals surface area contributed by atoms with Gasteiger partial charge in [-0.3, -0.25) is 9.36 Å². The third-order valence-corrected chi connectivity index (χ3v) is 7.69. The number of anilines is 2. The predicted molar refractivity (Wildman–Crippen MR) is 106 cm³/mol. The van der Waals surface area contributed by atoms with E-state index in [1.807, 2.05) is 83.0 Å². The van der Waals surface area contributed by atoms with E-state index in [0.29, 0.717) is 24.8 Å². The number of hydrogen-bond donors (Lipinski definition) is 1. The van der Waals surface area contributed by atoms with Crippen molar-refractivity contribution in [1.29, 1.82) is 0 Å². The third kappa shape index (κ3) is 3.40. The minimum absolute atomic E-state index is 0.224. The van der Waals surface area contributed by atoms with Crippen LogP contribution in [0.2, 0.25) is 0 Å². The van der Waals surface area contributed by atoms with Crippen molar-refractivity contribution in [3.63, 3.8) is 0 Å². The second kappa shape index (κ2) is 7.79. The molecule has 5 nitrogen and oxygen atoms in total. The SMILES string of the molecule is CC/C=C(\CC(=O)O)P1(=O)N(c2ccccc2)CCN1c1ccccc1. The first-order valence-corrected chi connectivity index (χ1v) is 10.4. The first kappa shape index (κ1) is 18.3. The van der Waals surface area contributed by atoms with Gasteiger partial charge in [-0.15, -0.1) is 0 Å². The van der Waals surface area contributed by atoms with Crippen LogP contribution in [0.5, 0.6) is 0 Å². The van der Waals surface area contributed by atoms with E-state index in [0.717, 1.165) is 11.4 Å². The van der Waals surface area contributed by atoms with Crippen LogP contribution in [0.3, 0.4) is 0 Å². The topological polar surface area (TPSA) is 60.9 Å². The van der Waals surface area contributed by atoms with E-state index in [-0.39, 0.29) is 6.42 Å². The van der Waals surface area contributed by atoms with Gasteiger partial charge >= 0.3 is 5.97 Å². The van der Waals surface area contributed by atoms with Crippen LogP contribution in [0.25, 0.3) is 0 Å². The number of carboxylic acid groups (broad SMARTS) is 1. The number of rotatable bonds is 6. The van der Waals surface area contributed by atoms with E-state index in [1.165, 1.54) is 0 Å². The summed E-state index contributed by atoms with van der Waals surface area (Å²) >= 11 is 0. The van der Waals surface area contributed by atoms with Gasteiger partial charge in [-0.1, -0.05) is 49.4 Å². The fourth-order valence-corrected chi connectivity index (χ4v) is 6.61. The Kier molecular flexibility index (Phi) is 5.48. The van der Waals surface area contributed by atoms with Crippen LogP contribution in [-0.4, -0.2) is 24.2 Å². The van der Waals surface area contributed by atoms with Crippen molar-refractivity contribution >= 4 is 24.8 Å². The largest absolute Gasteiger partial charge is 0.481 e. The molecule has 0 unspecified atom stereocenters. The molecule has 1 aliphatic heterocycles. The quantitative estimate of drug-likeness (QED) is 0.727. The third-order valence-electron chi connectivity index (χ3n) is 4.43. The second-order valence-electron chi connectivity index (χ2n) is 6.14. The van der Waals surface area contributed by atoms with Gasteiger partial charge < -0.3 is 14.4 Å². The normalized spacial score (nSPS) is 16.7. The van der Waals surface area contributed by atoms with Gasteiger partial charge in [0.25, 0.3) is 7.44 Å². The summed E-state index contributed by atoms with van der Waals surface area (Å²) in [7, 11) is -3.27. The molecule has 0 amide bonds. The molecule has 0 saturated carbocycles. The number of allylic oxidation sites excluding steroid dienone is 1. The summed E-state index contributed by atoms with van der Waals surface area (Å²) in [5.74, 6) is -0.965. The highest BCUT2D eigenvalue weighted by Gasteiger charge is 2.46. The van der Waals surface area contributed by atoms with Crippen molar-refractivity contribution in [2.24, 2.45) is 0 Å². The molecular formula is C20H23N2O3P. The first-order valence-electron chi connectivity index (χ1n) is 8.75. The molecule has 2 aromatic carbocycles. The van der Waals surface area contributed by atoms with Crippen molar-refractivity contribution in [3.05, 3.63) is 72.1 Å². The van der Waals surface area contributed by atoms with Crippen molar-refractivity contribution in [2.45, 2.75) is 19.8 Å². The summed E-state index contributed by atoms with van der Waals surface area (Å²) in [6, 6.07) is 19.2. The summed E-state index contributed by atoms with van der Waals surface area (Å²) in [4.78, 5) is 11.5. The molecule has 1 heterocycles. The summed E-state index contributed by atoms with van der Waals surface area (Å²) in [6.45, 7) is 3.09. The number of carbonyl (C=O) groups is 1. The summed E-state index contributed by atoms with van der Waals surface area (Å²) in [5.41, 5.74) is 1.70. The zero-order valence-electron chi connectivity index (χ0n) is 14.8. The highest BCUT2D eigenvalue weighted by atomic mass is 31.2. The number of aliphatic carboxylic acids is 1. The molecule has 136 valence electrons. The number of nitrogens with zero attached hydrogens (tertiary/aromatic N) is 2. The number of benzene rings is 2. The monoisotopic (exact) mass is 370 g/mol. The minimum atomic E-state index is -3.27. The van der Waals surface area contributed by atoms with Gasteiger partial charge in [0.15, 0.2) is 0 Å². The summed E-state index contributed by atoms with van der Waals surface area (Å²) in [6.07, 6.45) is 2.22. The van der Waals surface area contributed by atoms with E-state index in [2.05, 4.69) is 0 Å². The molecule has 1 N–H and O–H groups in total. The molecule has 1 aliphatic rings. The van der Waals surface area contributed by atoms with Crippen molar-refractivity contribution in [2.75, 3.05) is 22.4 Å². The van der Waals surface area contributed by atoms with Crippen molar-refractivity contribution < 1.29 is 14.5 Å². The maximum absolute atomic E-state index is 14.4. The number of para-hydroxylation sites is 2. The van der Waals surface area contributed by atoms with E-state index in [1.54, 1.807) is 0 Å². The fraction of sp³-hybridized carbons (Fsp3) is 0.250. The van der Waals surface area contributed by atoms with Crippen molar-refractivity contribution in [3.8, 4) is 0 Å². The number of hydrogen-bond acceptors (Lipinski definition) is 2. The molecule has 1 saturated heterocycles. The van der Waals surface area contributed by atoms with E-state index >= 15 is 0 Å².